The summed E-state index contributed by atoms with van der Waals surface area (Å²) in [4.78, 5) is 67.6. The van der Waals surface area contributed by atoms with Gasteiger partial charge in [-0.05, 0) is 37.6 Å². The molecule has 0 fully saturated rings. The molecule has 40 heavy (non-hydrogen) atoms. The van der Waals surface area contributed by atoms with Crippen molar-refractivity contribution < 1.29 is 24.6 Å². The van der Waals surface area contributed by atoms with E-state index in [4.69, 9.17) is 11.5 Å². The Bertz CT molecular complexity index is 1480. The number of hydrogen-bond acceptors (Lipinski definition) is 11. The van der Waals surface area contributed by atoms with E-state index in [0.29, 0.717) is 17.2 Å². The fraction of sp³-hybridized carbons (Fsp3) is 0.400. The van der Waals surface area contributed by atoms with Gasteiger partial charge in [-0.1, -0.05) is 6.92 Å². The molecule has 0 bridgehead atoms. The van der Waals surface area contributed by atoms with E-state index in [1.54, 1.807) is 52.2 Å². The van der Waals surface area contributed by atoms with Crippen LogP contribution in [0.25, 0.3) is 11.2 Å². The van der Waals surface area contributed by atoms with E-state index in [9.17, 15) is 29.4 Å². The number of carbonyl (C=O) groups is 3. The number of anilines is 3. The number of nitrogen functional groups attached to an aromatic ring is 1. The van der Waals surface area contributed by atoms with Crippen LogP contribution in [-0.2, 0) is 16.1 Å². The summed E-state index contributed by atoms with van der Waals surface area (Å²) in [5.41, 5.74) is 10.5. The lowest BCUT2D eigenvalue weighted by molar-refractivity contribution is -0.152. The summed E-state index contributed by atoms with van der Waals surface area (Å²) in [5, 5.41) is 22.3. The molecule has 0 saturated carbocycles. The van der Waals surface area contributed by atoms with E-state index in [2.05, 4.69) is 25.3 Å². The Hall–Kier alpha value is -4.79. The van der Waals surface area contributed by atoms with Crippen molar-refractivity contribution in [3.8, 4) is 0 Å². The number of likely N-dealkylation sites (N-methyl/N-ethyl adjacent to an activating group) is 1. The number of carboxylic acid groups (broad SMARTS) is 2. The van der Waals surface area contributed by atoms with Gasteiger partial charge in [0.15, 0.2) is 17.0 Å². The minimum atomic E-state index is -1.80. The molecule has 0 aliphatic rings. The first kappa shape index (κ1) is 29.8. The first-order valence-corrected chi connectivity index (χ1v) is 12.5. The second-order valence-electron chi connectivity index (χ2n) is 9.18. The number of aliphatic carboxylic acids is 2. The molecule has 1 aromatic carbocycles. The Labute approximate surface area is 229 Å². The number of fused-ring (bicyclic) bond motifs is 1. The van der Waals surface area contributed by atoms with Gasteiger partial charge in [-0.25, -0.2) is 14.8 Å². The lowest BCUT2D eigenvalue weighted by Gasteiger charge is -2.40. The van der Waals surface area contributed by atoms with E-state index < -0.39 is 41.4 Å². The zero-order valence-corrected chi connectivity index (χ0v) is 22.6. The number of nitrogens with two attached hydrogens (primary N) is 2. The fourth-order valence-corrected chi connectivity index (χ4v) is 4.54. The lowest BCUT2D eigenvalue weighted by atomic mass is 9.85. The Morgan fingerprint density at radius 1 is 1.12 bits per heavy atom. The second-order valence-corrected chi connectivity index (χ2v) is 9.18. The minimum absolute atomic E-state index is 0.0278. The molecule has 0 spiro atoms. The predicted octanol–water partition coefficient (Wildman–Crippen LogP) is 0.471. The maximum absolute atomic E-state index is 13.5. The van der Waals surface area contributed by atoms with Crippen molar-refractivity contribution in [3.63, 3.8) is 0 Å². The lowest BCUT2D eigenvalue weighted by Crippen LogP contribution is -2.59. The number of nitrogens with one attached hydrogen (secondary N) is 2. The Morgan fingerprint density at radius 3 is 2.30 bits per heavy atom. The Kier molecular flexibility index (Phi) is 8.88. The molecule has 0 aliphatic heterocycles. The highest BCUT2D eigenvalue weighted by Crippen LogP contribution is 2.29. The van der Waals surface area contributed by atoms with Gasteiger partial charge < -0.3 is 36.8 Å². The number of carbonyl (C=O) groups excluding carboxylic acids is 1. The van der Waals surface area contributed by atoms with E-state index in [1.165, 1.54) is 0 Å². The number of nitrogens with zero attached hydrogens (tertiary/aromatic N) is 5. The van der Waals surface area contributed by atoms with Crippen LogP contribution < -0.4 is 27.2 Å². The van der Waals surface area contributed by atoms with Gasteiger partial charge in [-0.2, -0.15) is 4.98 Å². The van der Waals surface area contributed by atoms with Crippen molar-refractivity contribution in [1.29, 1.82) is 0 Å². The zero-order valence-electron chi connectivity index (χ0n) is 22.6. The van der Waals surface area contributed by atoms with Gasteiger partial charge in [0.1, 0.15) is 17.3 Å². The molecule has 8 N–H and O–H groups in total. The largest absolute Gasteiger partial charge is 0.480 e. The second kappa shape index (κ2) is 11.9. The Balaban J connectivity index is 1.88. The van der Waals surface area contributed by atoms with Crippen molar-refractivity contribution in [2.75, 3.05) is 36.6 Å². The van der Waals surface area contributed by atoms with E-state index in [1.807, 2.05) is 4.90 Å². The van der Waals surface area contributed by atoms with Crippen LogP contribution in [0.4, 0.5) is 17.5 Å². The summed E-state index contributed by atoms with van der Waals surface area (Å²) in [6.45, 7) is 3.46. The van der Waals surface area contributed by atoms with Gasteiger partial charge in [0, 0.05) is 38.3 Å². The number of rotatable bonds is 12. The van der Waals surface area contributed by atoms with Crippen molar-refractivity contribution in [2.45, 2.75) is 44.8 Å². The van der Waals surface area contributed by atoms with Crippen LogP contribution in [0.1, 0.15) is 42.7 Å². The van der Waals surface area contributed by atoms with Gasteiger partial charge >= 0.3 is 11.9 Å². The van der Waals surface area contributed by atoms with Gasteiger partial charge in [0.2, 0.25) is 5.95 Å². The predicted molar refractivity (Wildman–Crippen MR) is 148 cm³/mol. The molecule has 0 radical (unpaired) electrons. The molecule has 15 nitrogen and oxygen atoms in total. The molecule has 2 aromatic heterocycles. The SMILES string of the molecule is CCN(C(=O)c1ccc(N(C)Cc2nc3c(=O)[nH]c(N)nc3nc2NC)cc1)[C@@](CC)(CC(N)C(=O)O)C(=O)O. The van der Waals surface area contributed by atoms with Crippen LogP contribution in [0.2, 0.25) is 0 Å². The smallest absolute Gasteiger partial charge is 0.329 e. The summed E-state index contributed by atoms with van der Waals surface area (Å²) >= 11 is 0. The summed E-state index contributed by atoms with van der Waals surface area (Å²) in [6, 6.07) is 5.01. The van der Waals surface area contributed by atoms with Crippen molar-refractivity contribution in [2.24, 2.45) is 5.73 Å². The van der Waals surface area contributed by atoms with Crippen LogP contribution >= 0.6 is 0 Å². The molecule has 0 aliphatic carbocycles. The first-order valence-electron chi connectivity index (χ1n) is 12.5. The van der Waals surface area contributed by atoms with Crippen molar-refractivity contribution >= 4 is 46.5 Å². The highest BCUT2D eigenvalue weighted by molar-refractivity contribution is 5.98. The van der Waals surface area contributed by atoms with Gasteiger partial charge in [-0.3, -0.25) is 19.4 Å². The third kappa shape index (κ3) is 5.78. The average Bonchev–Trinajstić information content (AvgIpc) is 2.92. The summed E-state index contributed by atoms with van der Waals surface area (Å²) in [6.07, 6.45) is -0.477. The third-order valence-corrected chi connectivity index (χ3v) is 6.75. The van der Waals surface area contributed by atoms with Gasteiger partial charge in [0.05, 0.1) is 6.54 Å². The monoisotopic (exact) mass is 555 g/mol. The number of carboxylic acids is 2. The molecule has 2 heterocycles. The van der Waals surface area contributed by atoms with Gasteiger partial charge in [0.25, 0.3) is 11.5 Å². The molecule has 3 aromatic rings. The molecule has 15 heteroatoms. The van der Waals surface area contributed by atoms with Gasteiger partial charge in [-0.15, -0.1) is 0 Å². The molecule has 0 saturated heterocycles. The molecule has 3 rings (SSSR count). The van der Waals surface area contributed by atoms with E-state index in [-0.39, 0.29) is 42.2 Å². The topological polar surface area (TPSA) is 234 Å². The number of benzene rings is 1. The van der Waals surface area contributed by atoms with Crippen molar-refractivity contribution in [3.05, 3.63) is 45.9 Å². The quantitative estimate of drug-likeness (QED) is 0.178. The van der Waals surface area contributed by atoms with E-state index >= 15 is 0 Å². The van der Waals surface area contributed by atoms with Crippen LogP contribution in [0.15, 0.2) is 29.1 Å². The zero-order chi connectivity index (χ0) is 29.8. The number of aromatic nitrogens is 4. The fourth-order valence-electron chi connectivity index (χ4n) is 4.54. The number of amides is 1. The Morgan fingerprint density at radius 2 is 1.77 bits per heavy atom. The normalized spacial score (nSPS) is 13.3. The summed E-state index contributed by atoms with van der Waals surface area (Å²) in [7, 11) is 3.44. The molecule has 2 atom stereocenters. The maximum Gasteiger partial charge on any atom is 0.329 e. The third-order valence-electron chi connectivity index (χ3n) is 6.75. The molecule has 1 amide bonds. The summed E-state index contributed by atoms with van der Waals surface area (Å²) < 4.78 is 0. The summed E-state index contributed by atoms with van der Waals surface area (Å²) in [5.74, 6) is -2.91. The number of hydrogen-bond donors (Lipinski definition) is 6. The minimum Gasteiger partial charge on any atom is -0.480 e. The molecular formula is C25H33N9O6. The number of H-pyrrole nitrogens is 1. The molecule has 214 valence electrons. The van der Waals surface area contributed by atoms with Crippen LogP contribution in [0, 0.1) is 0 Å². The first-order chi connectivity index (χ1) is 18.9. The van der Waals surface area contributed by atoms with Crippen LogP contribution in [0.5, 0.6) is 0 Å². The highest BCUT2D eigenvalue weighted by atomic mass is 16.4. The number of aromatic amines is 1. The standard InChI is InChI=1S/C25H33N9O6/c1-5-25(23(39)40,11-15(26)22(37)38)34(6-2)21(36)13-7-9-14(10-8-13)33(4)12-16-18(28-3)30-19-17(29-16)20(35)32-24(27)31-19/h7-10,15H,5-6,11-12,26H2,1-4H3,(H,37,38)(H,39,40)(H4,27,28,30,31,32,35)/t15?,25-/m0/s1. The van der Waals surface area contributed by atoms with Crippen LogP contribution in [-0.4, -0.2) is 85.1 Å². The van der Waals surface area contributed by atoms with Crippen LogP contribution in [0.3, 0.4) is 0 Å². The van der Waals surface area contributed by atoms with Crippen molar-refractivity contribution in [1.82, 2.24) is 24.8 Å². The van der Waals surface area contributed by atoms with E-state index in [0.717, 1.165) is 4.90 Å². The molecular weight excluding hydrogens is 522 g/mol. The highest BCUT2D eigenvalue weighted by Gasteiger charge is 2.47. The maximum atomic E-state index is 13.5. The molecule has 1 unspecified atom stereocenters. The average molecular weight is 556 g/mol.